The molecule has 9 nitrogen and oxygen atoms in total. The van der Waals surface area contributed by atoms with E-state index < -0.39 is 0 Å². The molecule has 9 heteroatoms. The highest BCUT2D eigenvalue weighted by Gasteiger charge is 2.25. The van der Waals surface area contributed by atoms with Crippen LogP contribution in [0.2, 0.25) is 0 Å². The SMILES string of the molecule is COCCCN(CC(=O)Nc1cc(C(C)(C)C)nn1-c1ccc(C)cc1C)C(=O)c1ccc(OC)cc1OC. The fourth-order valence-corrected chi connectivity index (χ4v) is 4.22. The van der Waals surface area contributed by atoms with Crippen LogP contribution in [-0.2, 0) is 14.9 Å². The van der Waals surface area contributed by atoms with Crippen molar-refractivity contribution >= 4 is 17.6 Å². The van der Waals surface area contributed by atoms with E-state index in [1.807, 2.05) is 32.0 Å². The van der Waals surface area contributed by atoms with Gasteiger partial charge in [-0.15, -0.1) is 0 Å². The number of benzene rings is 2. The number of hydrogen-bond acceptors (Lipinski definition) is 6. The Morgan fingerprint density at radius 2 is 1.74 bits per heavy atom. The Morgan fingerprint density at radius 3 is 2.36 bits per heavy atom. The van der Waals surface area contributed by atoms with Gasteiger partial charge >= 0.3 is 0 Å². The minimum Gasteiger partial charge on any atom is -0.497 e. The summed E-state index contributed by atoms with van der Waals surface area (Å²) in [5.74, 6) is 0.836. The van der Waals surface area contributed by atoms with Crippen LogP contribution in [0.1, 0.15) is 54.4 Å². The fourth-order valence-electron chi connectivity index (χ4n) is 4.22. The molecule has 0 fully saturated rings. The van der Waals surface area contributed by atoms with E-state index >= 15 is 0 Å². The molecule has 1 N–H and O–H groups in total. The maximum Gasteiger partial charge on any atom is 0.258 e. The van der Waals surface area contributed by atoms with E-state index in [1.165, 1.54) is 12.0 Å². The number of anilines is 1. The molecule has 2 amide bonds. The van der Waals surface area contributed by atoms with Crippen molar-refractivity contribution in [3.05, 3.63) is 64.8 Å². The van der Waals surface area contributed by atoms with Gasteiger partial charge in [-0.05, 0) is 44.0 Å². The van der Waals surface area contributed by atoms with Crippen molar-refractivity contribution < 1.29 is 23.8 Å². The lowest BCUT2D eigenvalue weighted by molar-refractivity contribution is -0.117. The van der Waals surface area contributed by atoms with Crippen LogP contribution in [0.5, 0.6) is 11.5 Å². The molecule has 0 aliphatic rings. The Balaban J connectivity index is 1.91. The van der Waals surface area contributed by atoms with E-state index in [-0.39, 0.29) is 23.8 Å². The van der Waals surface area contributed by atoms with Gasteiger partial charge in [-0.3, -0.25) is 9.59 Å². The van der Waals surface area contributed by atoms with Gasteiger partial charge in [0, 0.05) is 37.8 Å². The van der Waals surface area contributed by atoms with E-state index in [0.717, 1.165) is 22.5 Å². The van der Waals surface area contributed by atoms with Crippen molar-refractivity contribution in [3.8, 4) is 17.2 Å². The van der Waals surface area contributed by atoms with Crippen molar-refractivity contribution in [2.24, 2.45) is 0 Å². The summed E-state index contributed by atoms with van der Waals surface area (Å²) in [6.45, 7) is 10.9. The Morgan fingerprint density at radius 1 is 1.00 bits per heavy atom. The lowest BCUT2D eigenvalue weighted by atomic mass is 9.92. The first kappa shape index (κ1) is 29.7. The van der Waals surface area contributed by atoms with Crippen LogP contribution in [0.25, 0.3) is 5.69 Å². The molecule has 0 unspecified atom stereocenters. The number of carbonyl (C=O) groups excluding carboxylic acids is 2. The van der Waals surface area contributed by atoms with Crippen molar-refractivity contribution in [3.63, 3.8) is 0 Å². The van der Waals surface area contributed by atoms with Crippen molar-refractivity contribution in [2.45, 2.75) is 46.5 Å². The summed E-state index contributed by atoms with van der Waals surface area (Å²) in [5.41, 5.74) is 4.02. The molecular formula is C30H40N4O5. The number of ether oxygens (including phenoxy) is 3. The molecule has 3 rings (SSSR count). The molecule has 1 heterocycles. The maximum atomic E-state index is 13.6. The topological polar surface area (TPSA) is 94.9 Å². The average molecular weight is 537 g/mol. The molecule has 0 bridgehead atoms. The summed E-state index contributed by atoms with van der Waals surface area (Å²) >= 11 is 0. The molecule has 1 aromatic heterocycles. The Bertz CT molecular complexity index is 1310. The largest absolute Gasteiger partial charge is 0.497 e. The number of nitrogens with one attached hydrogen (secondary N) is 1. The van der Waals surface area contributed by atoms with Gasteiger partial charge in [0.1, 0.15) is 23.9 Å². The quantitative estimate of drug-likeness (QED) is 0.350. The van der Waals surface area contributed by atoms with Gasteiger partial charge in [0.25, 0.3) is 5.91 Å². The predicted molar refractivity (Wildman–Crippen MR) is 152 cm³/mol. The highest BCUT2D eigenvalue weighted by atomic mass is 16.5. The second-order valence-electron chi connectivity index (χ2n) is 10.6. The third-order valence-corrected chi connectivity index (χ3v) is 6.36. The lowest BCUT2D eigenvalue weighted by Crippen LogP contribution is -2.39. The summed E-state index contributed by atoms with van der Waals surface area (Å²) in [5, 5.41) is 7.84. The fraction of sp³-hybridized carbons (Fsp3) is 0.433. The first-order valence-corrected chi connectivity index (χ1v) is 13.0. The molecule has 3 aromatic rings. The molecule has 0 aliphatic heterocycles. The second kappa shape index (κ2) is 12.8. The molecule has 0 spiro atoms. The third kappa shape index (κ3) is 7.38. The van der Waals surface area contributed by atoms with Gasteiger partial charge < -0.3 is 24.4 Å². The molecule has 0 saturated heterocycles. The van der Waals surface area contributed by atoms with Crippen LogP contribution >= 0.6 is 0 Å². The number of carbonyl (C=O) groups is 2. The minimum absolute atomic E-state index is 0.152. The Labute approximate surface area is 231 Å². The molecule has 0 aliphatic carbocycles. The summed E-state index contributed by atoms with van der Waals surface area (Å²) in [6.07, 6.45) is 0.572. The van der Waals surface area contributed by atoms with E-state index in [4.69, 9.17) is 19.3 Å². The van der Waals surface area contributed by atoms with Gasteiger partial charge in [0.05, 0.1) is 31.2 Å². The maximum absolute atomic E-state index is 13.6. The number of methoxy groups -OCH3 is 3. The van der Waals surface area contributed by atoms with Gasteiger partial charge in [0.2, 0.25) is 5.91 Å². The normalized spacial score (nSPS) is 11.3. The summed E-state index contributed by atoms with van der Waals surface area (Å²) in [6, 6.07) is 13.0. The van der Waals surface area contributed by atoms with Crippen LogP contribution in [-0.4, -0.2) is 67.5 Å². The molecule has 0 radical (unpaired) electrons. The zero-order valence-corrected chi connectivity index (χ0v) is 24.3. The predicted octanol–water partition coefficient (Wildman–Crippen LogP) is 4.92. The van der Waals surface area contributed by atoms with Crippen molar-refractivity contribution in [2.75, 3.05) is 46.3 Å². The molecule has 2 aromatic carbocycles. The molecule has 0 saturated carbocycles. The molecular weight excluding hydrogens is 496 g/mol. The lowest BCUT2D eigenvalue weighted by Gasteiger charge is -2.23. The van der Waals surface area contributed by atoms with Gasteiger partial charge in [-0.2, -0.15) is 5.10 Å². The van der Waals surface area contributed by atoms with Crippen LogP contribution in [0.15, 0.2) is 42.5 Å². The Kier molecular flexibility index (Phi) is 9.75. The zero-order chi connectivity index (χ0) is 28.7. The highest BCUT2D eigenvalue weighted by Crippen LogP contribution is 2.29. The van der Waals surface area contributed by atoms with Crippen molar-refractivity contribution in [1.29, 1.82) is 0 Å². The van der Waals surface area contributed by atoms with Crippen molar-refractivity contribution in [1.82, 2.24) is 14.7 Å². The third-order valence-electron chi connectivity index (χ3n) is 6.36. The summed E-state index contributed by atoms with van der Waals surface area (Å²) in [7, 11) is 4.65. The van der Waals surface area contributed by atoms with E-state index in [1.54, 1.807) is 37.1 Å². The number of nitrogens with zero attached hydrogens (tertiary/aromatic N) is 3. The molecule has 0 atom stereocenters. The molecule has 210 valence electrons. The number of aryl methyl sites for hydroxylation is 2. The number of amides is 2. The summed E-state index contributed by atoms with van der Waals surface area (Å²) in [4.78, 5) is 28.5. The standard InChI is InChI=1S/C30H40N4O5/c1-20-10-13-24(21(2)16-20)34-27(18-26(32-34)30(3,4)5)31-28(35)19-33(14-9-15-37-6)29(36)23-12-11-22(38-7)17-25(23)39-8/h10-13,16-18H,9,14-15,19H2,1-8H3,(H,31,35). The number of rotatable bonds is 11. The number of aromatic nitrogens is 2. The smallest absolute Gasteiger partial charge is 0.258 e. The first-order chi connectivity index (χ1) is 18.5. The monoisotopic (exact) mass is 536 g/mol. The zero-order valence-electron chi connectivity index (χ0n) is 24.3. The Hall–Kier alpha value is -3.85. The van der Waals surface area contributed by atoms with E-state index in [2.05, 4.69) is 32.2 Å². The van der Waals surface area contributed by atoms with Crippen LogP contribution in [0, 0.1) is 13.8 Å². The van der Waals surface area contributed by atoms with Gasteiger partial charge in [-0.25, -0.2) is 4.68 Å². The first-order valence-electron chi connectivity index (χ1n) is 13.0. The average Bonchev–Trinajstić information content (AvgIpc) is 3.31. The van der Waals surface area contributed by atoms with Crippen LogP contribution in [0.4, 0.5) is 5.82 Å². The molecule has 39 heavy (non-hydrogen) atoms. The second-order valence-corrected chi connectivity index (χ2v) is 10.6. The van der Waals surface area contributed by atoms with Gasteiger partial charge in [-0.1, -0.05) is 38.5 Å². The minimum atomic E-state index is -0.334. The highest BCUT2D eigenvalue weighted by molar-refractivity contribution is 6.01. The van der Waals surface area contributed by atoms with Crippen LogP contribution < -0.4 is 14.8 Å². The van der Waals surface area contributed by atoms with Gasteiger partial charge in [0.15, 0.2) is 0 Å². The van der Waals surface area contributed by atoms with E-state index in [0.29, 0.717) is 42.5 Å². The van der Waals surface area contributed by atoms with E-state index in [9.17, 15) is 9.59 Å². The number of hydrogen-bond donors (Lipinski definition) is 1. The van der Waals surface area contributed by atoms with Crippen LogP contribution in [0.3, 0.4) is 0 Å². The summed E-state index contributed by atoms with van der Waals surface area (Å²) < 4.78 is 17.6.